The molecule has 114 valence electrons. The third kappa shape index (κ3) is 4.99. The Hall–Kier alpha value is -1.10. The molecule has 2 rings (SSSR count). The summed E-state index contributed by atoms with van der Waals surface area (Å²) in [5, 5.41) is 13.7. The van der Waals surface area contributed by atoms with Gasteiger partial charge in [0.25, 0.3) is 0 Å². The summed E-state index contributed by atoms with van der Waals surface area (Å²) in [6.45, 7) is 4.35. The zero-order valence-corrected chi connectivity index (χ0v) is 14.0. The molecule has 0 amide bonds. The molecular formula is C17H23BrNO2+. The Kier molecular flexibility index (Phi) is 6.49. The van der Waals surface area contributed by atoms with Crippen LogP contribution in [-0.4, -0.2) is 30.9 Å². The van der Waals surface area contributed by atoms with Crippen molar-refractivity contribution < 1.29 is 15.2 Å². The molecule has 0 saturated heterocycles. The lowest BCUT2D eigenvalue weighted by Gasteiger charge is -2.10. The van der Waals surface area contributed by atoms with E-state index in [-0.39, 0.29) is 6.10 Å². The molecule has 0 aliphatic carbocycles. The van der Waals surface area contributed by atoms with Crippen molar-refractivity contribution in [2.24, 2.45) is 0 Å². The van der Waals surface area contributed by atoms with Crippen LogP contribution in [0.15, 0.2) is 40.9 Å². The minimum atomic E-state index is -0.227. The van der Waals surface area contributed by atoms with Gasteiger partial charge in [0, 0.05) is 0 Å². The Morgan fingerprint density at radius 3 is 2.81 bits per heavy atom. The van der Waals surface area contributed by atoms with Gasteiger partial charge in [0.1, 0.15) is 12.3 Å². The van der Waals surface area contributed by atoms with Gasteiger partial charge in [-0.2, -0.15) is 0 Å². The zero-order valence-electron chi connectivity index (χ0n) is 12.4. The highest BCUT2D eigenvalue weighted by molar-refractivity contribution is 9.10. The van der Waals surface area contributed by atoms with Gasteiger partial charge in [-0.05, 0) is 52.5 Å². The first kappa shape index (κ1) is 16.3. The Balaban J connectivity index is 1.77. The van der Waals surface area contributed by atoms with Gasteiger partial charge in [-0.1, -0.05) is 30.3 Å². The van der Waals surface area contributed by atoms with Crippen molar-refractivity contribution in [1.82, 2.24) is 0 Å². The van der Waals surface area contributed by atoms with E-state index < -0.39 is 0 Å². The molecule has 1 atom stereocenters. The number of fused-ring (bicyclic) bond motifs is 1. The van der Waals surface area contributed by atoms with Gasteiger partial charge in [0.15, 0.2) is 0 Å². The molecule has 0 aliphatic rings. The van der Waals surface area contributed by atoms with Crippen LogP contribution in [0, 0.1) is 0 Å². The molecule has 0 spiro atoms. The second-order valence-electron chi connectivity index (χ2n) is 5.32. The quantitative estimate of drug-likeness (QED) is 0.717. The maximum atomic E-state index is 9.16. The number of halogens is 1. The number of nitrogens with two attached hydrogens (primary N) is 1. The topological polar surface area (TPSA) is 46.1 Å². The molecule has 21 heavy (non-hydrogen) atoms. The number of aliphatic hydroxyl groups excluding tert-OH is 1. The van der Waals surface area contributed by atoms with Crippen LogP contribution in [-0.2, 0) is 0 Å². The molecule has 0 bridgehead atoms. The highest BCUT2D eigenvalue weighted by atomic mass is 79.9. The van der Waals surface area contributed by atoms with E-state index in [2.05, 4.69) is 39.4 Å². The van der Waals surface area contributed by atoms with E-state index in [1.54, 1.807) is 0 Å². The Morgan fingerprint density at radius 1 is 1.19 bits per heavy atom. The van der Waals surface area contributed by atoms with Crippen LogP contribution in [0.2, 0.25) is 0 Å². The average Bonchev–Trinajstić information content (AvgIpc) is 2.48. The molecule has 4 heteroatoms. The van der Waals surface area contributed by atoms with Crippen LogP contribution < -0.4 is 10.1 Å². The zero-order chi connectivity index (χ0) is 15.1. The fraction of sp³-hybridized carbons (Fsp3) is 0.412. The third-order valence-electron chi connectivity index (χ3n) is 3.40. The standard InChI is InChI=1S/C17H22BrNO2/c1-13(20)12-19-10-4-5-11-21-16-9-8-14-6-2-3-7-15(14)17(16)18/h2-3,6-9,13,19-20H,4-5,10-12H2,1H3/p+1/t13-/m1/s1. The average molecular weight is 353 g/mol. The summed E-state index contributed by atoms with van der Waals surface area (Å²) in [7, 11) is 0. The molecule has 0 unspecified atom stereocenters. The van der Waals surface area contributed by atoms with E-state index in [1.165, 1.54) is 10.8 Å². The molecular weight excluding hydrogens is 330 g/mol. The van der Waals surface area contributed by atoms with Gasteiger partial charge in [-0.25, -0.2) is 0 Å². The van der Waals surface area contributed by atoms with E-state index in [9.17, 15) is 0 Å². The van der Waals surface area contributed by atoms with Gasteiger partial charge in [0.2, 0.25) is 0 Å². The first-order chi connectivity index (χ1) is 10.2. The number of aliphatic hydroxyl groups is 1. The lowest BCUT2D eigenvalue weighted by atomic mass is 10.1. The number of benzene rings is 2. The molecule has 0 aromatic heterocycles. The van der Waals surface area contributed by atoms with E-state index in [0.29, 0.717) is 0 Å². The van der Waals surface area contributed by atoms with Crippen LogP contribution in [0.1, 0.15) is 19.8 Å². The Morgan fingerprint density at radius 2 is 2.00 bits per heavy atom. The van der Waals surface area contributed by atoms with Crippen molar-refractivity contribution in [3.63, 3.8) is 0 Å². The molecule has 3 N–H and O–H groups in total. The Labute approximate surface area is 134 Å². The SMILES string of the molecule is C[C@@H](O)C[NH2+]CCCCOc1ccc2ccccc2c1Br. The number of hydrogen-bond acceptors (Lipinski definition) is 2. The predicted molar refractivity (Wildman–Crippen MR) is 89.7 cm³/mol. The van der Waals surface area contributed by atoms with Crippen LogP contribution in [0.25, 0.3) is 10.8 Å². The molecule has 2 aromatic rings. The minimum Gasteiger partial charge on any atom is -0.492 e. The summed E-state index contributed by atoms with van der Waals surface area (Å²) in [6, 6.07) is 12.4. The smallest absolute Gasteiger partial charge is 0.134 e. The molecule has 0 saturated carbocycles. The van der Waals surface area contributed by atoms with Crippen molar-refractivity contribution in [2.75, 3.05) is 19.7 Å². The third-order valence-corrected chi connectivity index (χ3v) is 4.21. The van der Waals surface area contributed by atoms with E-state index in [0.717, 1.165) is 42.8 Å². The van der Waals surface area contributed by atoms with Gasteiger partial charge < -0.3 is 15.2 Å². The first-order valence-corrected chi connectivity index (χ1v) is 8.27. The number of rotatable bonds is 8. The molecule has 0 fully saturated rings. The summed E-state index contributed by atoms with van der Waals surface area (Å²) in [6.07, 6.45) is 1.89. The summed E-state index contributed by atoms with van der Waals surface area (Å²) < 4.78 is 6.89. The predicted octanol–water partition coefficient (Wildman–Crippen LogP) is 2.71. The van der Waals surface area contributed by atoms with E-state index >= 15 is 0 Å². The lowest BCUT2D eigenvalue weighted by molar-refractivity contribution is -0.660. The highest BCUT2D eigenvalue weighted by Gasteiger charge is 2.05. The van der Waals surface area contributed by atoms with Gasteiger partial charge in [-0.15, -0.1) is 0 Å². The second kappa shape index (κ2) is 8.37. The second-order valence-corrected chi connectivity index (χ2v) is 6.11. The summed E-state index contributed by atoms with van der Waals surface area (Å²) in [4.78, 5) is 0. The normalized spacial score (nSPS) is 12.5. The van der Waals surface area contributed by atoms with Crippen molar-refractivity contribution in [3.05, 3.63) is 40.9 Å². The Bertz CT molecular complexity index is 572. The maximum Gasteiger partial charge on any atom is 0.134 e. The van der Waals surface area contributed by atoms with Crippen LogP contribution in [0.5, 0.6) is 5.75 Å². The van der Waals surface area contributed by atoms with Crippen molar-refractivity contribution >= 4 is 26.7 Å². The van der Waals surface area contributed by atoms with Crippen molar-refractivity contribution in [1.29, 1.82) is 0 Å². The first-order valence-electron chi connectivity index (χ1n) is 7.48. The molecule has 0 radical (unpaired) electrons. The van der Waals surface area contributed by atoms with E-state index in [4.69, 9.17) is 9.84 Å². The van der Waals surface area contributed by atoms with Crippen molar-refractivity contribution in [3.8, 4) is 5.75 Å². The number of hydrogen-bond donors (Lipinski definition) is 2. The van der Waals surface area contributed by atoms with Crippen LogP contribution >= 0.6 is 15.9 Å². The highest BCUT2D eigenvalue weighted by Crippen LogP contribution is 2.33. The molecule has 0 heterocycles. The fourth-order valence-electron chi connectivity index (χ4n) is 2.26. The largest absolute Gasteiger partial charge is 0.492 e. The summed E-state index contributed by atoms with van der Waals surface area (Å²) in [5.41, 5.74) is 0. The lowest BCUT2D eigenvalue weighted by Crippen LogP contribution is -2.86. The molecule has 0 aliphatic heterocycles. The van der Waals surface area contributed by atoms with Gasteiger partial charge in [0.05, 0.1) is 23.7 Å². The van der Waals surface area contributed by atoms with Gasteiger partial charge >= 0.3 is 0 Å². The molecule has 3 nitrogen and oxygen atoms in total. The van der Waals surface area contributed by atoms with E-state index in [1.807, 2.05) is 25.1 Å². The molecule has 2 aromatic carbocycles. The van der Waals surface area contributed by atoms with Crippen LogP contribution in [0.3, 0.4) is 0 Å². The minimum absolute atomic E-state index is 0.227. The van der Waals surface area contributed by atoms with Crippen LogP contribution in [0.4, 0.5) is 0 Å². The number of ether oxygens (including phenoxy) is 1. The number of quaternary nitrogens is 1. The number of unbranched alkanes of at least 4 members (excludes halogenated alkanes) is 1. The summed E-state index contributed by atoms with van der Waals surface area (Å²) >= 11 is 3.63. The monoisotopic (exact) mass is 352 g/mol. The maximum absolute atomic E-state index is 9.16. The van der Waals surface area contributed by atoms with Gasteiger partial charge in [-0.3, -0.25) is 0 Å². The fourth-order valence-corrected chi connectivity index (χ4v) is 2.86. The summed E-state index contributed by atoms with van der Waals surface area (Å²) in [5.74, 6) is 0.904. The van der Waals surface area contributed by atoms with Crippen molar-refractivity contribution in [2.45, 2.75) is 25.9 Å².